The third-order valence-corrected chi connectivity index (χ3v) is 4.80. The minimum Gasteiger partial charge on any atom is -0.459 e. The van der Waals surface area contributed by atoms with Crippen LogP contribution in [0.4, 0.5) is 0 Å². The Bertz CT molecular complexity index is 874. The normalized spacial score (nSPS) is 12.1. The van der Waals surface area contributed by atoms with Crippen LogP contribution < -0.4 is 5.32 Å². The molecule has 0 radical (unpaired) electrons. The van der Waals surface area contributed by atoms with E-state index in [9.17, 15) is 9.59 Å². The molecule has 0 saturated heterocycles. The van der Waals surface area contributed by atoms with Crippen LogP contribution in [0.5, 0.6) is 0 Å². The number of H-pyrrole nitrogens is 1. The van der Waals surface area contributed by atoms with Gasteiger partial charge in [0.15, 0.2) is 5.76 Å². The lowest BCUT2D eigenvalue weighted by Gasteiger charge is -2.23. The van der Waals surface area contributed by atoms with Crippen molar-refractivity contribution in [1.82, 2.24) is 20.2 Å². The molecular weight excluding hydrogens is 364 g/mol. The minimum atomic E-state index is -0.621. The summed E-state index contributed by atoms with van der Waals surface area (Å²) in [5.74, 6) is 1.10. The van der Waals surface area contributed by atoms with E-state index in [-0.39, 0.29) is 11.7 Å². The van der Waals surface area contributed by atoms with Crippen molar-refractivity contribution in [2.24, 2.45) is 0 Å². The van der Waals surface area contributed by atoms with Crippen LogP contribution in [0, 0.1) is 0 Å². The van der Waals surface area contributed by atoms with E-state index in [1.54, 1.807) is 35.8 Å². The van der Waals surface area contributed by atoms with Crippen LogP contribution in [0.2, 0.25) is 0 Å². The molecule has 0 aliphatic carbocycles. The van der Waals surface area contributed by atoms with Gasteiger partial charge in [-0.15, -0.1) is 0 Å². The second-order valence-corrected chi connectivity index (χ2v) is 7.17. The van der Waals surface area contributed by atoms with Gasteiger partial charge in [0.25, 0.3) is 5.91 Å². The van der Waals surface area contributed by atoms with Gasteiger partial charge in [-0.05, 0) is 42.7 Å². The van der Waals surface area contributed by atoms with Crippen molar-refractivity contribution < 1.29 is 14.0 Å². The smallest absolute Gasteiger partial charge is 0.287 e. The number of imidazole rings is 1. The lowest BCUT2D eigenvalue weighted by molar-refractivity contribution is -0.132. The number of amides is 2. The third kappa shape index (κ3) is 4.71. The summed E-state index contributed by atoms with van der Waals surface area (Å²) in [6.45, 7) is 0.333. The van der Waals surface area contributed by atoms with Crippen LogP contribution in [0.15, 0.2) is 47.1 Å². The number of aromatic nitrogens is 2. The van der Waals surface area contributed by atoms with Crippen molar-refractivity contribution in [3.05, 3.63) is 54.2 Å². The molecule has 2 N–H and O–H groups in total. The molecule has 142 valence electrons. The topological polar surface area (TPSA) is 91.2 Å². The zero-order valence-electron chi connectivity index (χ0n) is 15.3. The summed E-state index contributed by atoms with van der Waals surface area (Å²) in [6, 6.07) is 10.3. The largest absolute Gasteiger partial charge is 0.459 e. The van der Waals surface area contributed by atoms with E-state index in [4.69, 9.17) is 4.42 Å². The minimum absolute atomic E-state index is 0.163. The molecule has 2 aromatic heterocycles. The number of carbonyl (C=O) groups is 2. The molecule has 27 heavy (non-hydrogen) atoms. The van der Waals surface area contributed by atoms with Crippen LogP contribution in [0.25, 0.3) is 11.0 Å². The highest BCUT2D eigenvalue weighted by molar-refractivity contribution is 7.98. The molecule has 7 nitrogen and oxygen atoms in total. The maximum atomic E-state index is 12.9. The molecule has 0 spiro atoms. The molecule has 3 aromatic rings. The fourth-order valence-electron chi connectivity index (χ4n) is 2.78. The zero-order valence-corrected chi connectivity index (χ0v) is 16.1. The van der Waals surface area contributed by atoms with Crippen molar-refractivity contribution in [2.75, 3.05) is 19.1 Å². The molecule has 0 fully saturated rings. The average Bonchev–Trinajstić information content (AvgIpc) is 3.33. The van der Waals surface area contributed by atoms with Crippen molar-refractivity contribution in [3.8, 4) is 0 Å². The van der Waals surface area contributed by atoms with E-state index in [0.29, 0.717) is 18.8 Å². The Balaban J connectivity index is 1.68. The Morgan fingerprint density at radius 3 is 2.81 bits per heavy atom. The first-order chi connectivity index (χ1) is 13.1. The van der Waals surface area contributed by atoms with Crippen LogP contribution in [0.1, 0.15) is 22.8 Å². The first-order valence-electron chi connectivity index (χ1n) is 8.60. The molecule has 0 bridgehead atoms. The molecule has 2 amide bonds. The summed E-state index contributed by atoms with van der Waals surface area (Å²) in [4.78, 5) is 34.5. The highest BCUT2D eigenvalue weighted by Crippen LogP contribution is 2.13. The number of hydrogen-bond donors (Lipinski definition) is 2. The van der Waals surface area contributed by atoms with Crippen molar-refractivity contribution in [3.63, 3.8) is 0 Å². The number of thioether (sulfide) groups is 1. The Kier molecular flexibility index (Phi) is 6.18. The monoisotopic (exact) mass is 386 g/mol. The molecule has 2 heterocycles. The van der Waals surface area contributed by atoms with E-state index < -0.39 is 11.9 Å². The maximum Gasteiger partial charge on any atom is 0.287 e. The summed E-state index contributed by atoms with van der Waals surface area (Å²) >= 11 is 1.63. The van der Waals surface area contributed by atoms with Gasteiger partial charge in [0, 0.05) is 7.05 Å². The summed E-state index contributed by atoms with van der Waals surface area (Å²) in [7, 11) is 1.71. The van der Waals surface area contributed by atoms with E-state index in [1.165, 1.54) is 6.26 Å². The van der Waals surface area contributed by atoms with Crippen molar-refractivity contribution >= 4 is 34.6 Å². The van der Waals surface area contributed by atoms with Gasteiger partial charge < -0.3 is 19.6 Å². The second-order valence-electron chi connectivity index (χ2n) is 6.18. The predicted molar refractivity (Wildman–Crippen MR) is 106 cm³/mol. The standard InChI is InChI=1S/C19H22N4O3S/c1-23(12-17-20-13-6-3-4-7-14(13)21-17)19(25)15(9-11-27-2)22-18(24)16-8-5-10-26-16/h3-8,10,15H,9,11-12H2,1-2H3,(H,20,21)(H,22,24). The predicted octanol–water partition coefficient (Wildman–Crippen LogP) is 2.67. The van der Waals surface area contributed by atoms with E-state index in [0.717, 1.165) is 16.8 Å². The fourth-order valence-corrected chi connectivity index (χ4v) is 3.25. The number of para-hydroxylation sites is 2. The Labute approximate surface area is 161 Å². The van der Waals surface area contributed by atoms with Crippen LogP contribution in [-0.2, 0) is 11.3 Å². The Morgan fingerprint density at radius 1 is 1.30 bits per heavy atom. The first kappa shape index (κ1) is 19.0. The lowest BCUT2D eigenvalue weighted by atomic mass is 10.2. The molecule has 1 unspecified atom stereocenters. The van der Waals surface area contributed by atoms with Crippen molar-refractivity contribution in [1.29, 1.82) is 0 Å². The van der Waals surface area contributed by atoms with Gasteiger partial charge in [-0.3, -0.25) is 9.59 Å². The molecule has 0 aliphatic heterocycles. The number of likely N-dealkylation sites (N-methyl/N-ethyl adjacent to an activating group) is 1. The van der Waals surface area contributed by atoms with E-state index >= 15 is 0 Å². The quantitative estimate of drug-likeness (QED) is 0.621. The molecule has 0 aliphatic rings. The lowest BCUT2D eigenvalue weighted by Crippen LogP contribution is -2.47. The van der Waals surface area contributed by atoms with Gasteiger partial charge in [-0.25, -0.2) is 4.98 Å². The van der Waals surface area contributed by atoms with Gasteiger partial charge in [0.1, 0.15) is 11.9 Å². The van der Waals surface area contributed by atoms with Gasteiger partial charge in [0.2, 0.25) is 5.91 Å². The molecule has 0 saturated carbocycles. The average molecular weight is 386 g/mol. The maximum absolute atomic E-state index is 12.9. The molecular formula is C19H22N4O3S. The number of fused-ring (bicyclic) bond motifs is 1. The number of aromatic amines is 1. The van der Waals surface area contributed by atoms with Gasteiger partial charge >= 0.3 is 0 Å². The van der Waals surface area contributed by atoms with Crippen LogP contribution in [-0.4, -0.2) is 51.8 Å². The number of nitrogens with one attached hydrogen (secondary N) is 2. The highest BCUT2D eigenvalue weighted by Gasteiger charge is 2.25. The van der Waals surface area contributed by atoms with Crippen molar-refractivity contribution in [2.45, 2.75) is 19.0 Å². The number of furan rings is 1. The molecule has 1 aromatic carbocycles. The number of benzene rings is 1. The van der Waals surface area contributed by atoms with Gasteiger partial charge in [0.05, 0.1) is 23.8 Å². The summed E-state index contributed by atoms with van der Waals surface area (Å²) in [5, 5.41) is 2.78. The number of rotatable bonds is 8. The first-order valence-corrected chi connectivity index (χ1v) is 9.99. The number of carbonyl (C=O) groups excluding carboxylic acids is 2. The summed E-state index contributed by atoms with van der Waals surface area (Å²) in [6.07, 6.45) is 3.94. The Morgan fingerprint density at radius 2 is 2.11 bits per heavy atom. The van der Waals surface area contributed by atoms with Crippen LogP contribution in [0.3, 0.4) is 0 Å². The third-order valence-electron chi connectivity index (χ3n) is 4.16. The molecule has 8 heteroatoms. The van der Waals surface area contributed by atoms with Crippen LogP contribution >= 0.6 is 11.8 Å². The molecule has 1 atom stereocenters. The van der Waals surface area contributed by atoms with Gasteiger partial charge in [-0.2, -0.15) is 11.8 Å². The van der Waals surface area contributed by atoms with Gasteiger partial charge in [-0.1, -0.05) is 12.1 Å². The SMILES string of the molecule is CSCCC(NC(=O)c1ccco1)C(=O)N(C)Cc1nc2ccccc2[nH]1. The highest BCUT2D eigenvalue weighted by atomic mass is 32.2. The fraction of sp³-hybridized carbons (Fsp3) is 0.316. The molecule has 3 rings (SSSR count). The second kappa shape index (κ2) is 8.77. The summed E-state index contributed by atoms with van der Waals surface area (Å²) < 4.78 is 5.11. The van der Waals surface area contributed by atoms with E-state index in [2.05, 4.69) is 15.3 Å². The number of hydrogen-bond acceptors (Lipinski definition) is 5. The summed E-state index contributed by atoms with van der Waals surface area (Å²) in [5.41, 5.74) is 1.79. The zero-order chi connectivity index (χ0) is 19.2. The number of nitrogens with zero attached hydrogens (tertiary/aromatic N) is 2. The van der Waals surface area contributed by atoms with E-state index in [1.807, 2.05) is 30.5 Å². The Hall–Kier alpha value is -2.74.